The smallest absolute Gasteiger partial charge is 0.299 e. The average Bonchev–Trinajstić information content (AvgIpc) is 3.23. The van der Waals surface area contributed by atoms with Gasteiger partial charge in [-0.25, -0.2) is 0 Å². The molecule has 0 saturated carbocycles. The number of anilines is 3. The number of rotatable bonds is 9. The van der Waals surface area contributed by atoms with E-state index in [1.165, 1.54) is 4.90 Å². The lowest BCUT2D eigenvalue weighted by Gasteiger charge is -2.38. The molecular formula is C34H36N4O4. The van der Waals surface area contributed by atoms with Crippen molar-refractivity contribution in [3.63, 3.8) is 0 Å². The Balaban J connectivity index is 1.50. The summed E-state index contributed by atoms with van der Waals surface area (Å²) in [6.07, 6.45) is 6.37. The van der Waals surface area contributed by atoms with E-state index in [-0.39, 0.29) is 30.5 Å². The van der Waals surface area contributed by atoms with Crippen molar-refractivity contribution in [1.29, 1.82) is 0 Å². The molecule has 0 radical (unpaired) electrons. The highest BCUT2D eigenvalue weighted by Crippen LogP contribution is 2.31. The number of ketones is 1. The first kappa shape index (κ1) is 28.8. The molecule has 0 saturated heterocycles. The minimum absolute atomic E-state index is 0.118. The lowest BCUT2D eigenvalue weighted by molar-refractivity contribution is -0.140. The van der Waals surface area contributed by atoms with E-state index < -0.39 is 23.6 Å². The summed E-state index contributed by atoms with van der Waals surface area (Å²) in [5, 5.41) is 3.06. The molecule has 5 rings (SSSR count). The standard InChI is InChI=1S/C34H36N4O4/c1-23-11-7-8-14-25(23)21-38(30(39)22-37-29-16-10-9-15-28(29)32(40)34(37)42)31(24-12-5-4-6-13-24)33(41)35-26-17-19-27(20-18-26)36(2)3/h4-5,7-11,14-20,24,31H,6,12-13,21-22H2,1-3H3,(H,35,41)/t24-,31-/m0/s1. The van der Waals surface area contributed by atoms with E-state index in [0.717, 1.165) is 29.7 Å². The number of Topliss-reactive ketones (excluding diaryl/α,β-unsaturated/α-hetero) is 1. The first-order chi connectivity index (χ1) is 20.2. The van der Waals surface area contributed by atoms with Crippen LogP contribution in [0.3, 0.4) is 0 Å². The van der Waals surface area contributed by atoms with Gasteiger partial charge in [0.2, 0.25) is 11.8 Å². The third kappa shape index (κ3) is 5.98. The van der Waals surface area contributed by atoms with Crippen molar-refractivity contribution >= 4 is 40.6 Å². The molecule has 1 heterocycles. The number of fused-ring (bicyclic) bond motifs is 1. The number of nitrogens with one attached hydrogen (secondary N) is 1. The lowest BCUT2D eigenvalue weighted by atomic mass is 9.85. The molecule has 8 heteroatoms. The number of amides is 3. The molecule has 0 bridgehead atoms. The second-order valence-electron chi connectivity index (χ2n) is 11.1. The molecule has 42 heavy (non-hydrogen) atoms. The largest absolute Gasteiger partial charge is 0.378 e. The SMILES string of the molecule is Cc1ccccc1CN(C(=O)CN1C(=O)C(=O)c2ccccc21)[C@H](C(=O)Nc1ccc(N(C)C)cc1)[C@H]1CC=CCC1. The molecular weight excluding hydrogens is 528 g/mol. The van der Waals surface area contributed by atoms with Crippen LogP contribution in [0.25, 0.3) is 0 Å². The van der Waals surface area contributed by atoms with Crippen LogP contribution in [0.15, 0.2) is 84.9 Å². The highest BCUT2D eigenvalue weighted by Gasteiger charge is 2.41. The second kappa shape index (κ2) is 12.4. The molecule has 0 aromatic heterocycles. The maximum atomic E-state index is 14.3. The summed E-state index contributed by atoms with van der Waals surface area (Å²) in [6.45, 7) is 1.83. The molecule has 1 N–H and O–H groups in total. The number of hydrogen-bond acceptors (Lipinski definition) is 5. The summed E-state index contributed by atoms with van der Waals surface area (Å²) in [5.74, 6) is -2.15. The topological polar surface area (TPSA) is 90.0 Å². The van der Waals surface area contributed by atoms with E-state index >= 15 is 0 Å². The molecule has 2 aliphatic rings. The van der Waals surface area contributed by atoms with Gasteiger partial charge in [0.1, 0.15) is 12.6 Å². The maximum Gasteiger partial charge on any atom is 0.299 e. The molecule has 1 aliphatic carbocycles. The van der Waals surface area contributed by atoms with Crippen molar-refractivity contribution in [3.05, 3.63) is 102 Å². The first-order valence-electron chi connectivity index (χ1n) is 14.3. The Morgan fingerprint density at radius 1 is 0.952 bits per heavy atom. The van der Waals surface area contributed by atoms with E-state index in [1.54, 1.807) is 29.2 Å². The predicted octanol–water partition coefficient (Wildman–Crippen LogP) is 4.98. The molecule has 0 spiro atoms. The number of allylic oxidation sites excluding steroid dienone is 2. The van der Waals surface area contributed by atoms with Crippen LogP contribution < -0.4 is 15.1 Å². The van der Waals surface area contributed by atoms with Crippen LogP contribution in [0, 0.1) is 12.8 Å². The predicted molar refractivity (Wildman–Crippen MR) is 165 cm³/mol. The van der Waals surface area contributed by atoms with Crippen LogP contribution in [-0.4, -0.2) is 55.1 Å². The summed E-state index contributed by atoms with van der Waals surface area (Å²) in [6, 6.07) is 21.2. The fourth-order valence-electron chi connectivity index (χ4n) is 5.72. The zero-order chi connectivity index (χ0) is 29.8. The normalized spacial score (nSPS) is 16.6. The molecule has 3 aromatic carbocycles. The van der Waals surface area contributed by atoms with Gasteiger partial charge >= 0.3 is 0 Å². The molecule has 1 aliphatic heterocycles. The number of benzene rings is 3. The van der Waals surface area contributed by atoms with E-state index in [2.05, 4.69) is 17.5 Å². The van der Waals surface area contributed by atoms with Gasteiger partial charge in [0.25, 0.3) is 11.7 Å². The summed E-state index contributed by atoms with van der Waals surface area (Å²) >= 11 is 0. The van der Waals surface area contributed by atoms with Crippen LogP contribution >= 0.6 is 0 Å². The van der Waals surface area contributed by atoms with Gasteiger partial charge in [0, 0.05) is 32.0 Å². The summed E-state index contributed by atoms with van der Waals surface area (Å²) in [7, 11) is 3.90. The maximum absolute atomic E-state index is 14.3. The van der Waals surface area contributed by atoms with Crippen molar-refractivity contribution in [2.75, 3.05) is 35.8 Å². The number of nitrogens with zero attached hydrogens (tertiary/aromatic N) is 3. The third-order valence-corrected chi connectivity index (χ3v) is 8.11. The van der Waals surface area contributed by atoms with Crippen LogP contribution in [0.5, 0.6) is 0 Å². The van der Waals surface area contributed by atoms with E-state index in [4.69, 9.17) is 0 Å². The van der Waals surface area contributed by atoms with Crippen molar-refractivity contribution in [1.82, 2.24) is 4.90 Å². The Labute approximate surface area is 246 Å². The van der Waals surface area contributed by atoms with Crippen molar-refractivity contribution in [3.8, 4) is 0 Å². The van der Waals surface area contributed by atoms with Gasteiger partial charge in [0.15, 0.2) is 0 Å². The Morgan fingerprint density at radius 2 is 1.67 bits per heavy atom. The third-order valence-electron chi connectivity index (χ3n) is 8.11. The van der Waals surface area contributed by atoms with Gasteiger partial charge in [-0.05, 0) is 79.6 Å². The second-order valence-corrected chi connectivity index (χ2v) is 11.1. The van der Waals surface area contributed by atoms with Crippen molar-refractivity contribution in [2.24, 2.45) is 5.92 Å². The first-order valence-corrected chi connectivity index (χ1v) is 14.3. The van der Waals surface area contributed by atoms with Crippen LogP contribution in [0.2, 0.25) is 0 Å². The molecule has 2 atom stereocenters. The van der Waals surface area contributed by atoms with Crippen LogP contribution in [0.4, 0.5) is 17.1 Å². The van der Waals surface area contributed by atoms with E-state index in [1.807, 2.05) is 74.4 Å². The van der Waals surface area contributed by atoms with Gasteiger partial charge in [0.05, 0.1) is 11.3 Å². The number of carbonyl (C=O) groups is 4. The Hall–Kier alpha value is -4.72. The van der Waals surface area contributed by atoms with Crippen LogP contribution in [0.1, 0.15) is 40.7 Å². The monoisotopic (exact) mass is 564 g/mol. The van der Waals surface area contributed by atoms with Crippen molar-refractivity contribution in [2.45, 2.75) is 38.8 Å². The zero-order valence-electron chi connectivity index (χ0n) is 24.2. The average molecular weight is 565 g/mol. The molecule has 0 unspecified atom stereocenters. The highest BCUT2D eigenvalue weighted by molar-refractivity contribution is 6.52. The Kier molecular flexibility index (Phi) is 8.52. The minimum Gasteiger partial charge on any atom is -0.378 e. The fraction of sp³-hybridized carbons (Fsp3) is 0.294. The molecule has 216 valence electrons. The highest BCUT2D eigenvalue weighted by atomic mass is 16.2. The van der Waals surface area contributed by atoms with Gasteiger partial charge in [-0.2, -0.15) is 0 Å². The van der Waals surface area contributed by atoms with E-state index in [9.17, 15) is 19.2 Å². The molecule has 0 fully saturated rings. The van der Waals surface area contributed by atoms with Gasteiger partial charge in [-0.1, -0.05) is 48.6 Å². The molecule has 3 aromatic rings. The van der Waals surface area contributed by atoms with E-state index in [0.29, 0.717) is 17.8 Å². The lowest BCUT2D eigenvalue weighted by Crippen LogP contribution is -2.54. The van der Waals surface area contributed by atoms with Crippen LogP contribution in [-0.2, 0) is 20.9 Å². The minimum atomic E-state index is -0.792. The van der Waals surface area contributed by atoms with Gasteiger partial charge in [-0.15, -0.1) is 0 Å². The quantitative estimate of drug-likeness (QED) is 0.292. The number of hydrogen-bond donors (Lipinski definition) is 1. The number of para-hydroxylation sites is 1. The summed E-state index contributed by atoms with van der Waals surface area (Å²) in [4.78, 5) is 58.8. The summed E-state index contributed by atoms with van der Waals surface area (Å²) in [5.41, 5.74) is 4.25. The van der Waals surface area contributed by atoms with Gasteiger partial charge in [-0.3, -0.25) is 24.1 Å². The van der Waals surface area contributed by atoms with Gasteiger partial charge < -0.3 is 15.1 Å². The molecule has 8 nitrogen and oxygen atoms in total. The Bertz CT molecular complexity index is 1530. The zero-order valence-corrected chi connectivity index (χ0v) is 24.2. The number of carbonyl (C=O) groups excluding carboxylic acids is 4. The number of aryl methyl sites for hydroxylation is 1. The summed E-state index contributed by atoms with van der Waals surface area (Å²) < 4.78 is 0. The Morgan fingerprint density at radius 3 is 2.36 bits per heavy atom. The van der Waals surface area contributed by atoms with Crippen molar-refractivity contribution < 1.29 is 19.2 Å². The fourth-order valence-corrected chi connectivity index (χ4v) is 5.72. The molecule has 3 amide bonds.